The van der Waals surface area contributed by atoms with E-state index in [0.717, 1.165) is 12.0 Å². The molecule has 134 valence electrons. The van der Waals surface area contributed by atoms with Crippen molar-refractivity contribution < 1.29 is 17.9 Å². The summed E-state index contributed by atoms with van der Waals surface area (Å²) in [5, 5.41) is 1.39. The first-order valence-electron chi connectivity index (χ1n) is 8.84. The van der Waals surface area contributed by atoms with E-state index in [0.29, 0.717) is 36.5 Å². The molecule has 25 heavy (non-hydrogen) atoms. The highest BCUT2D eigenvalue weighted by Gasteiger charge is 2.44. The fourth-order valence-corrected chi connectivity index (χ4v) is 3.52. The van der Waals surface area contributed by atoms with Crippen LogP contribution in [0, 0.1) is 17.7 Å². The van der Waals surface area contributed by atoms with Gasteiger partial charge in [-0.25, -0.2) is 4.39 Å². The standard InChI is InChI=1S/C21H23F3O/c1-3-14-6-9-18(10-7-14)21(23,24)25-20-13-16-8-5-15(4-2)11-17(16)12-19(20)22/h3,5,8,11-14,18H,1,4,6-7,9-10H2,2H3. The lowest BCUT2D eigenvalue weighted by Gasteiger charge is -2.32. The van der Waals surface area contributed by atoms with Gasteiger partial charge in [0, 0.05) is 0 Å². The van der Waals surface area contributed by atoms with Crippen molar-refractivity contribution in [2.24, 2.45) is 11.8 Å². The molecule has 4 heteroatoms. The Hall–Kier alpha value is -1.97. The van der Waals surface area contributed by atoms with Gasteiger partial charge in [0.05, 0.1) is 5.92 Å². The van der Waals surface area contributed by atoms with Crippen LogP contribution in [0.5, 0.6) is 5.75 Å². The average Bonchev–Trinajstić information content (AvgIpc) is 2.61. The minimum atomic E-state index is -3.37. The Morgan fingerprint density at radius 3 is 2.48 bits per heavy atom. The first-order valence-corrected chi connectivity index (χ1v) is 8.84. The van der Waals surface area contributed by atoms with Gasteiger partial charge in [0.25, 0.3) is 0 Å². The van der Waals surface area contributed by atoms with Gasteiger partial charge in [-0.15, -0.1) is 6.58 Å². The van der Waals surface area contributed by atoms with E-state index in [9.17, 15) is 13.2 Å². The van der Waals surface area contributed by atoms with E-state index >= 15 is 0 Å². The monoisotopic (exact) mass is 348 g/mol. The molecule has 1 aliphatic carbocycles. The van der Waals surface area contributed by atoms with E-state index in [-0.39, 0.29) is 11.7 Å². The van der Waals surface area contributed by atoms with Gasteiger partial charge in [-0.05, 0) is 66.5 Å². The number of halogens is 3. The van der Waals surface area contributed by atoms with Gasteiger partial charge >= 0.3 is 6.11 Å². The Morgan fingerprint density at radius 2 is 1.84 bits per heavy atom. The maximum Gasteiger partial charge on any atom is 0.400 e. The summed E-state index contributed by atoms with van der Waals surface area (Å²) >= 11 is 0. The molecule has 1 fully saturated rings. The van der Waals surface area contributed by atoms with E-state index in [2.05, 4.69) is 6.58 Å². The summed E-state index contributed by atoms with van der Waals surface area (Å²) in [5.41, 5.74) is 1.07. The van der Waals surface area contributed by atoms with Crippen molar-refractivity contribution in [3.63, 3.8) is 0 Å². The molecule has 0 heterocycles. The largest absolute Gasteiger partial charge is 0.429 e. The summed E-state index contributed by atoms with van der Waals surface area (Å²) in [6, 6.07) is 8.24. The Morgan fingerprint density at radius 1 is 1.12 bits per heavy atom. The van der Waals surface area contributed by atoms with Crippen LogP contribution in [0.3, 0.4) is 0 Å². The van der Waals surface area contributed by atoms with Crippen molar-refractivity contribution in [3.05, 3.63) is 54.4 Å². The summed E-state index contributed by atoms with van der Waals surface area (Å²) < 4.78 is 48.2. The Labute approximate surface area is 146 Å². The van der Waals surface area contributed by atoms with Crippen molar-refractivity contribution in [1.82, 2.24) is 0 Å². The molecule has 2 aromatic carbocycles. The smallest absolute Gasteiger partial charge is 0.400 e. The normalized spacial score (nSPS) is 21.3. The maximum atomic E-state index is 14.5. The lowest BCUT2D eigenvalue weighted by atomic mass is 9.81. The second-order valence-electron chi connectivity index (χ2n) is 6.83. The molecule has 3 rings (SSSR count). The van der Waals surface area contributed by atoms with Gasteiger partial charge in [-0.2, -0.15) is 8.78 Å². The van der Waals surface area contributed by atoms with E-state index in [1.807, 2.05) is 31.2 Å². The third-order valence-electron chi connectivity index (χ3n) is 5.19. The number of fused-ring (bicyclic) bond motifs is 1. The van der Waals surface area contributed by atoms with Crippen LogP contribution in [-0.2, 0) is 6.42 Å². The van der Waals surface area contributed by atoms with E-state index in [1.165, 1.54) is 12.1 Å². The fraction of sp³-hybridized carbons (Fsp3) is 0.429. The Bertz CT molecular complexity index is 761. The molecule has 0 unspecified atom stereocenters. The molecular formula is C21H23F3O. The van der Waals surface area contributed by atoms with Crippen molar-refractivity contribution in [2.45, 2.75) is 45.1 Å². The van der Waals surface area contributed by atoms with Crippen LogP contribution in [0.4, 0.5) is 13.2 Å². The predicted molar refractivity (Wildman–Crippen MR) is 94.5 cm³/mol. The van der Waals surface area contributed by atoms with Crippen molar-refractivity contribution in [3.8, 4) is 5.75 Å². The van der Waals surface area contributed by atoms with Gasteiger partial charge in [-0.1, -0.05) is 31.2 Å². The minimum Gasteiger partial charge on any atom is -0.429 e. The highest BCUT2D eigenvalue weighted by molar-refractivity contribution is 5.84. The van der Waals surface area contributed by atoms with Gasteiger partial charge < -0.3 is 4.74 Å². The number of hydrogen-bond acceptors (Lipinski definition) is 1. The highest BCUT2D eigenvalue weighted by atomic mass is 19.3. The first kappa shape index (κ1) is 17.8. The number of allylic oxidation sites excluding steroid dienone is 1. The number of rotatable bonds is 5. The number of aryl methyl sites for hydroxylation is 1. The molecule has 0 aromatic heterocycles. The summed E-state index contributed by atoms with van der Waals surface area (Å²) in [4.78, 5) is 0. The number of ether oxygens (including phenoxy) is 1. The molecule has 0 radical (unpaired) electrons. The van der Waals surface area contributed by atoms with Gasteiger partial charge in [0.2, 0.25) is 0 Å². The molecule has 1 saturated carbocycles. The Balaban J connectivity index is 1.81. The van der Waals surface area contributed by atoms with Gasteiger partial charge in [-0.3, -0.25) is 0 Å². The third-order valence-corrected chi connectivity index (χ3v) is 5.19. The first-order chi connectivity index (χ1) is 11.9. The van der Waals surface area contributed by atoms with E-state index < -0.39 is 17.8 Å². The van der Waals surface area contributed by atoms with Gasteiger partial charge in [0.1, 0.15) is 0 Å². The topological polar surface area (TPSA) is 9.23 Å². The zero-order valence-corrected chi connectivity index (χ0v) is 14.4. The van der Waals surface area contributed by atoms with Crippen LogP contribution in [-0.4, -0.2) is 6.11 Å². The molecule has 0 amide bonds. The second kappa shape index (κ2) is 7.11. The molecule has 2 aromatic rings. The van der Waals surface area contributed by atoms with Crippen molar-refractivity contribution in [1.29, 1.82) is 0 Å². The van der Waals surface area contributed by atoms with Crippen molar-refractivity contribution >= 4 is 10.8 Å². The predicted octanol–water partition coefficient (Wildman–Crippen LogP) is 6.51. The van der Waals surface area contributed by atoms with E-state index in [1.54, 1.807) is 0 Å². The molecule has 1 aliphatic rings. The van der Waals surface area contributed by atoms with Crippen LogP contribution in [0.1, 0.15) is 38.2 Å². The molecule has 0 aliphatic heterocycles. The molecule has 1 nitrogen and oxygen atoms in total. The fourth-order valence-electron chi connectivity index (χ4n) is 3.52. The molecule has 0 saturated heterocycles. The SMILES string of the molecule is C=CC1CCC(C(F)(F)Oc2cc3ccc(CC)cc3cc2F)CC1. The summed E-state index contributed by atoms with van der Waals surface area (Å²) in [6.45, 7) is 5.73. The number of benzene rings is 2. The lowest BCUT2D eigenvalue weighted by molar-refractivity contribution is -0.224. The molecule has 0 spiro atoms. The van der Waals surface area contributed by atoms with Gasteiger partial charge in [0.15, 0.2) is 11.6 Å². The molecule has 0 bridgehead atoms. The molecule has 0 N–H and O–H groups in total. The van der Waals surface area contributed by atoms with Crippen LogP contribution in [0.2, 0.25) is 0 Å². The number of alkyl halides is 2. The van der Waals surface area contributed by atoms with Crippen molar-refractivity contribution in [2.75, 3.05) is 0 Å². The number of hydrogen-bond donors (Lipinski definition) is 0. The zero-order chi connectivity index (χ0) is 18.0. The lowest BCUT2D eigenvalue weighted by Crippen LogP contribution is -2.37. The second-order valence-corrected chi connectivity index (χ2v) is 6.83. The van der Waals surface area contributed by atoms with Crippen LogP contribution < -0.4 is 4.74 Å². The summed E-state index contributed by atoms with van der Waals surface area (Å²) in [6.07, 6.45) is 1.35. The molecular weight excluding hydrogens is 325 g/mol. The zero-order valence-electron chi connectivity index (χ0n) is 14.4. The quantitative estimate of drug-likeness (QED) is 0.560. The maximum absolute atomic E-state index is 14.5. The third kappa shape index (κ3) is 3.83. The molecule has 0 atom stereocenters. The Kier molecular flexibility index (Phi) is 5.07. The minimum absolute atomic E-state index is 0.289. The van der Waals surface area contributed by atoms with Crippen LogP contribution in [0.15, 0.2) is 43.0 Å². The summed E-state index contributed by atoms with van der Waals surface area (Å²) in [5.74, 6) is -1.73. The highest BCUT2D eigenvalue weighted by Crippen LogP contribution is 2.41. The van der Waals surface area contributed by atoms with E-state index in [4.69, 9.17) is 4.74 Å². The average molecular weight is 348 g/mol. The van der Waals surface area contributed by atoms with Crippen LogP contribution in [0.25, 0.3) is 10.8 Å². The van der Waals surface area contributed by atoms with Crippen LogP contribution >= 0.6 is 0 Å². The summed E-state index contributed by atoms with van der Waals surface area (Å²) in [7, 11) is 0.